The Kier molecular flexibility index (Phi) is 9.45. The molecule has 12 heavy (non-hydrogen) atoms. The largest absolute Gasteiger partial charge is 0.378 e. The van der Waals surface area contributed by atoms with Crippen LogP contribution in [0.3, 0.4) is 0 Å². The zero-order valence-electron chi connectivity index (χ0n) is 8.05. The van der Waals surface area contributed by atoms with Gasteiger partial charge in [-0.3, -0.25) is 0 Å². The second-order valence-electron chi connectivity index (χ2n) is 2.87. The fourth-order valence-electron chi connectivity index (χ4n) is 0.800. The Bertz CT molecular complexity index is 101. The molecule has 0 radical (unpaired) electrons. The fourth-order valence-corrected chi connectivity index (χ4v) is 3.11. The summed E-state index contributed by atoms with van der Waals surface area (Å²) in [6.45, 7) is 7.25. The van der Waals surface area contributed by atoms with Gasteiger partial charge in [0.2, 0.25) is 0 Å². The van der Waals surface area contributed by atoms with Gasteiger partial charge < -0.3 is 7.80 Å². The van der Waals surface area contributed by atoms with Gasteiger partial charge in [0.05, 0.1) is 19.1 Å². The second kappa shape index (κ2) is 8.67. The van der Waals surface area contributed by atoms with Crippen molar-refractivity contribution < 1.29 is 7.80 Å². The Balaban J connectivity index is 3.31. The molecular weight excluding hydrogens is 286 g/mol. The van der Waals surface area contributed by atoms with Crippen molar-refractivity contribution in [3.05, 3.63) is 0 Å². The number of hydrogen-bond acceptors (Lipinski definition) is 2. The highest BCUT2D eigenvalue weighted by atomic mass is 127. The van der Waals surface area contributed by atoms with Crippen LogP contribution >= 0.6 is 30.9 Å². The zero-order chi connectivity index (χ0) is 9.40. The summed E-state index contributed by atoms with van der Waals surface area (Å²) in [5.41, 5.74) is 0. The summed E-state index contributed by atoms with van der Waals surface area (Å²) in [6, 6.07) is 0. The third-order valence-electron chi connectivity index (χ3n) is 1.54. The van der Waals surface area contributed by atoms with Crippen molar-refractivity contribution in [1.29, 1.82) is 0 Å². The Morgan fingerprint density at radius 2 is 2.08 bits per heavy atom. The van der Waals surface area contributed by atoms with Crippen LogP contribution in [-0.4, -0.2) is 31.4 Å². The van der Waals surface area contributed by atoms with E-state index in [0.717, 1.165) is 13.0 Å². The predicted octanol–water partition coefficient (Wildman–Crippen LogP) is 3.24. The standard InChI is InChI=1S/C8H18IO2P/c1-4-12(7-11-9)6-5-10-8(2)3/h8H,4-7H2,1-3H3. The maximum atomic E-state index is 5.48. The molecule has 4 heteroatoms. The first kappa shape index (κ1) is 13.1. The van der Waals surface area contributed by atoms with Crippen LogP contribution in [-0.2, 0) is 7.80 Å². The van der Waals surface area contributed by atoms with Gasteiger partial charge in [-0.2, -0.15) is 0 Å². The maximum absolute atomic E-state index is 5.48. The third kappa shape index (κ3) is 7.71. The van der Waals surface area contributed by atoms with Crippen LogP contribution in [0.5, 0.6) is 0 Å². The summed E-state index contributed by atoms with van der Waals surface area (Å²) in [4.78, 5) is 0. The van der Waals surface area contributed by atoms with E-state index < -0.39 is 0 Å². The van der Waals surface area contributed by atoms with Gasteiger partial charge in [-0.25, -0.2) is 0 Å². The lowest BCUT2D eigenvalue weighted by Gasteiger charge is -2.14. The number of hydrogen-bond donors (Lipinski definition) is 0. The van der Waals surface area contributed by atoms with Crippen LogP contribution in [0.4, 0.5) is 0 Å². The molecule has 1 atom stereocenters. The van der Waals surface area contributed by atoms with E-state index in [4.69, 9.17) is 7.80 Å². The van der Waals surface area contributed by atoms with Crippen molar-refractivity contribution in [3.63, 3.8) is 0 Å². The smallest absolute Gasteiger partial charge is 0.110 e. The molecule has 0 aliphatic carbocycles. The molecule has 74 valence electrons. The van der Waals surface area contributed by atoms with E-state index in [2.05, 4.69) is 20.8 Å². The molecule has 0 saturated carbocycles. The van der Waals surface area contributed by atoms with Gasteiger partial charge in [-0.05, 0) is 26.2 Å². The van der Waals surface area contributed by atoms with E-state index in [-0.39, 0.29) is 7.92 Å². The molecule has 0 aromatic carbocycles. The minimum absolute atomic E-state index is 0.0561. The van der Waals surface area contributed by atoms with Crippen LogP contribution in [0.2, 0.25) is 0 Å². The number of rotatable bonds is 7. The van der Waals surface area contributed by atoms with Crippen LogP contribution < -0.4 is 0 Å². The van der Waals surface area contributed by atoms with Gasteiger partial charge in [0.25, 0.3) is 0 Å². The number of halogens is 1. The Morgan fingerprint density at radius 1 is 1.42 bits per heavy atom. The summed E-state index contributed by atoms with van der Waals surface area (Å²) in [7, 11) is 0.0561. The average Bonchev–Trinajstić information content (AvgIpc) is 2.02. The summed E-state index contributed by atoms with van der Waals surface area (Å²) < 4.78 is 10.6. The van der Waals surface area contributed by atoms with Gasteiger partial charge in [0.15, 0.2) is 0 Å². The van der Waals surface area contributed by atoms with Crippen molar-refractivity contribution in [2.45, 2.75) is 26.9 Å². The average molecular weight is 304 g/mol. The lowest BCUT2D eigenvalue weighted by atomic mass is 10.5. The molecule has 2 nitrogen and oxygen atoms in total. The molecule has 0 fully saturated rings. The van der Waals surface area contributed by atoms with Crippen LogP contribution in [0.15, 0.2) is 0 Å². The molecular formula is C8H18IO2P. The molecule has 1 unspecified atom stereocenters. The molecule has 0 heterocycles. The van der Waals surface area contributed by atoms with Crippen molar-refractivity contribution in [1.82, 2.24) is 0 Å². The van der Waals surface area contributed by atoms with E-state index in [9.17, 15) is 0 Å². The lowest BCUT2D eigenvalue weighted by molar-refractivity contribution is 0.0914. The summed E-state index contributed by atoms with van der Waals surface area (Å²) in [5, 5.41) is 0. The molecule has 0 spiro atoms. The van der Waals surface area contributed by atoms with E-state index in [1.54, 1.807) is 0 Å². The molecule has 0 N–H and O–H groups in total. The van der Waals surface area contributed by atoms with Crippen LogP contribution in [0.1, 0.15) is 20.8 Å². The van der Waals surface area contributed by atoms with Gasteiger partial charge in [0.1, 0.15) is 23.0 Å². The van der Waals surface area contributed by atoms with Gasteiger partial charge in [-0.1, -0.05) is 14.8 Å². The quantitative estimate of drug-likeness (QED) is 0.531. The van der Waals surface area contributed by atoms with Gasteiger partial charge in [-0.15, -0.1) is 0 Å². The third-order valence-corrected chi connectivity index (χ3v) is 4.55. The van der Waals surface area contributed by atoms with Crippen molar-refractivity contribution >= 4 is 30.9 Å². The summed E-state index contributed by atoms with van der Waals surface area (Å²) in [5.74, 6) is 0. The summed E-state index contributed by atoms with van der Waals surface area (Å²) >= 11 is 1.97. The molecule has 0 saturated heterocycles. The van der Waals surface area contributed by atoms with Crippen LogP contribution in [0.25, 0.3) is 0 Å². The van der Waals surface area contributed by atoms with E-state index >= 15 is 0 Å². The highest BCUT2D eigenvalue weighted by Gasteiger charge is 2.05. The van der Waals surface area contributed by atoms with Crippen molar-refractivity contribution in [2.24, 2.45) is 0 Å². The molecule has 0 amide bonds. The molecule has 0 aromatic rings. The second-order valence-corrected chi connectivity index (χ2v) is 6.17. The Hall–Kier alpha value is 1.08. The first-order chi connectivity index (χ1) is 5.70. The first-order valence-electron chi connectivity index (χ1n) is 4.28. The monoisotopic (exact) mass is 304 g/mol. The SMILES string of the molecule is CCP(CCOC(C)C)COI. The molecule has 0 aromatic heterocycles. The summed E-state index contributed by atoms with van der Waals surface area (Å²) in [6.07, 6.45) is 3.68. The first-order valence-corrected chi connectivity index (χ1v) is 7.06. The molecule has 0 rings (SSSR count). The zero-order valence-corrected chi connectivity index (χ0v) is 11.1. The Labute approximate surface area is 90.8 Å². The normalized spacial score (nSPS) is 13.8. The fraction of sp³-hybridized carbons (Fsp3) is 1.00. The van der Waals surface area contributed by atoms with Crippen LogP contribution in [0, 0.1) is 0 Å². The van der Waals surface area contributed by atoms with Crippen molar-refractivity contribution in [2.75, 3.05) is 25.3 Å². The predicted molar refractivity (Wildman–Crippen MR) is 63.4 cm³/mol. The van der Waals surface area contributed by atoms with E-state index in [1.807, 2.05) is 23.0 Å². The van der Waals surface area contributed by atoms with E-state index in [0.29, 0.717) is 6.10 Å². The van der Waals surface area contributed by atoms with Gasteiger partial charge >= 0.3 is 0 Å². The van der Waals surface area contributed by atoms with Crippen molar-refractivity contribution in [3.8, 4) is 0 Å². The highest BCUT2D eigenvalue weighted by Crippen LogP contribution is 2.34. The number of ether oxygens (including phenoxy) is 1. The molecule has 0 bridgehead atoms. The molecule has 0 aliphatic heterocycles. The Morgan fingerprint density at radius 3 is 2.50 bits per heavy atom. The minimum Gasteiger partial charge on any atom is -0.378 e. The molecule has 0 aliphatic rings. The van der Waals surface area contributed by atoms with E-state index in [1.165, 1.54) is 12.3 Å². The maximum Gasteiger partial charge on any atom is 0.110 e. The lowest BCUT2D eigenvalue weighted by Crippen LogP contribution is -2.07. The minimum atomic E-state index is 0.0561. The highest BCUT2D eigenvalue weighted by molar-refractivity contribution is 14.1. The topological polar surface area (TPSA) is 18.5 Å². The van der Waals surface area contributed by atoms with Gasteiger partial charge in [0, 0.05) is 0 Å².